The number of nitrogens with one attached hydrogen (secondary N) is 2. The van der Waals surface area contributed by atoms with Gasteiger partial charge in [0.2, 0.25) is 10.0 Å². The number of sulfonamides is 1. The molecule has 0 bridgehead atoms. The van der Waals surface area contributed by atoms with Crippen LogP contribution in [-0.4, -0.2) is 26.4 Å². The highest BCUT2D eigenvalue weighted by Crippen LogP contribution is 2.30. The monoisotopic (exact) mass is 497 g/mol. The molecule has 1 amide bonds. The molecule has 33 heavy (non-hydrogen) atoms. The SMILES string of the molecule is COc1ccc(-c2[nH]c(=S)sc2C(=O)Nc2ccc(-c3ccccc3S(N)(=O)=O)cc2)cc1. The summed E-state index contributed by atoms with van der Waals surface area (Å²) in [6.45, 7) is 0. The van der Waals surface area contributed by atoms with Crippen LogP contribution in [0.4, 0.5) is 5.69 Å². The minimum atomic E-state index is -3.87. The van der Waals surface area contributed by atoms with E-state index in [-0.39, 0.29) is 10.8 Å². The van der Waals surface area contributed by atoms with Crippen LogP contribution in [0.3, 0.4) is 0 Å². The largest absolute Gasteiger partial charge is 0.497 e. The second-order valence-corrected chi connectivity index (χ2v) is 10.2. The number of benzene rings is 3. The van der Waals surface area contributed by atoms with Crippen molar-refractivity contribution in [2.75, 3.05) is 12.4 Å². The highest BCUT2D eigenvalue weighted by molar-refractivity contribution is 7.89. The summed E-state index contributed by atoms with van der Waals surface area (Å²) >= 11 is 6.45. The molecule has 0 aliphatic rings. The van der Waals surface area contributed by atoms with E-state index in [9.17, 15) is 13.2 Å². The van der Waals surface area contributed by atoms with Crippen molar-refractivity contribution in [2.24, 2.45) is 5.14 Å². The highest BCUT2D eigenvalue weighted by atomic mass is 32.2. The van der Waals surface area contributed by atoms with Crippen LogP contribution in [0.25, 0.3) is 22.4 Å². The minimum absolute atomic E-state index is 0.0398. The molecule has 0 aliphatic carbocycles. The van der Waals surface area contributed by atoms with Crippen LogP contribution in [0.5, 0.6) is 5.75 Å². The number of hydrogen-bond acceptors (Lipinski definition) is 6. The third-order valence-electron chi connectivity index (χ3n) is 4.88. The summed E-state index contributed by atoms with van der Waals surface area (Å²) in [6, 6.07) is 20.7. The van der Waals surface area contributed by atoms with Gasteiger partial charge in [-0.15, -0.1) is 0 Å². The molecule has 1 heterocycles. The zero-order valence-corrected chi connectivity index (χ0v) is 19.8. The van der Waals surface area contributed by atoms with Gasteiger partial charge in [-0.25, -0.2) is 13.6 Å². The standard InChI is InChI=1S/C23H19N3O4S3/c1-30-17-12-8-15(9-13-17)20-21(32-23(31)26-20)22(27)25-16-10-6-14(7-11-16)18-4-2-3-5-19(18)33(24,28)29/h2-13H,1H3,(H,25,27)(H,26,31)(H2,24,28,29). The van der Waals surface area contributed by atoms with Gasteiger partial charge in [-0.2, -0.15) is 0 Å². The van der Waals surface area contributed by atoms with E-state index in [0.717, 1.165) is 5.56 Å². The van der Waals surface area contributed by atoms with Crippen LogP contribution < -0.4 is 15.2 Å². The van der Waals surface area contributed by atoms with Gasteiger partial charge in [0.05, 0.1) is 17.7 Å². The Morgan fingerprint density at radius 1 is 1.00 bits per heavy atom. The van der Waals surface area contributed by atoms with E-state index in [1.807, 2.05) is 24.3 Å². The molecular formula is C23H19N3O4S3. The van der Waals surface area contributed by atoms with Gasteiger partial charge in [0.1, 0.15) is 10.6 Å². The van der Waals surface area contributed by atoms with Crippen LogP contribution >= 0.6 is 23.6 Å². The third kappa shape index (κ3) is 5.04. The molecule has 0 spiro atoms. The van der Waals surface area contributed by atoms with Crippen molar-refractivity contribution in [1.29, 1.82) is 0 Å². The molecule has 10 heteroatoms. The fraction of sp³-hybridized carbons (Fsp3) is 0.0435. The number of nitrogens with two attached hydrogens (primary N) is 1. The summed E-state index contributed by atoms with van der Waals surface area (Å²) in [5, 5.41) is 8.20. The second-order valence-electron chi connectivity index (χ2n) is 7.02. The quantitative estimate of drug-likeness (QED) is 0.323. The van der Waals surface area contributed by atoms with E-state index >= 15 is 0 Å². The molecular weight excluding hydrogens is 478 g/mol. The number of aromatic nitrogens is 1. The fourth-order valence-corrected chi connectivity index (χ4v) is 5.19. The lowest BCUT2D eigenvalue weighted by Gasteiger charge is -2.10. The third-order valence-corrected chi connectivity index (χ3v) is 7.08. The molecule has 0 aliphatic heterocycles. The number of hydrogen-bond donors (Lipinski definition) is 3. The Morgan fingerprint density at radius 3 is 2.27 bits per heavy atom. The lowest BCUT2D eigenvalue weighted by atomic mass is 10.1. The Kier molecular flexibility index (Phi) is 6.43. The number of carbonyl (C=O) groups excluding carboxylic acids is 1. The normalized spacial score (nSPS) is 11.2. The highest BCUT2D eigenvalue weighted by Gasteiger charge is 2.18. The van der Waals surface area contributed by atoms with Gasteiger partial charge in [0.25, 0.3) is 5.91 Å². The molecule has 1 aromatic heterocycles. The molecule has 3 aromatic carbocycles. The van der Waals surface area contributed by atoms with Gasteiger partial charge < -0.3 is 15.0 Å². The summed E-state index contributed by atoms with van der Waals surface area (Å²) < 4.78 is 29.4. The molecule has 4 N–H and O–H groups in total. The molecule has 0 fully saturated rings. The van der Waals surface area contributed by atoms with Crippen molar-refractivity contribution in [3.8, 4) is 28.1 Å². The first-order valence-corrected chi connectivity index (χ1v) is 12.4. The van der Waals surface area contributed by atoms with Gasteiger partial charge in [0.15, 0.2) is 3.95 Å². The maximum absolute atomic E-state index is 13.0. The molecule has 7 nitrogen and oxygen atoms in total. The van der Waals surface area contributed by atoms with E-state index in [0.29, 0.717) is 37.1 Å². The Bertz CT molecular complexity index is 1470. The Morgan fingerprint density at radius 2 is 1.64 bits per heavy atom. The summed E-state index contributed by atoms with van der Waals surface area (Å²) in [5.74, 6) is 0.401. The Hall–Kier alpha value is -3.31. The number of thiazole rings is 1. The van der Waals surface area contributed by atoms with Crippen molar-refractivity contribution in [3.63, 3.8) is 0 Å². The lowest BCUT2D eigenvalue weighted by Crippen LogP contribution is -2.13. The average Bonchev–Trinajstić information content (AvgIpc) is 3.21. The van der Waals surface area contributed by atoms with Crippen molar-refractivity contribution in [1.82, 2.24) is 4.98 Å². The van der Waals surface area contributed by atoms with E-state index < -0.39 is 10.0 Å². The molecule has 0 saturated carbocycles. The van der Waals surface area contributed by atoms with Crippen LogP contribution in [0, 0.1) is 3.95 Å². The van der Waals surface area contributed by atoms with Crippen molar-refractivity contribution < 1.29 is 17.9 Å². The summed E-state index contributed by atoms with van der Waals surface area (Å²) in [5.41, 5.74) is 3.14. The number of anilines is 1. The van der Waals surface area contributed by atoms with E-state index in [1.165, 1.54) is 17.4 Å². The van der Waals surface area contributed by atoms with Crippen molar-refractivity contribution in [3.05, 3.63) is 81.6 Å². The first-order chi connectivity index (χ1) is 15.8. The van der Waals surface area contributed by atoms with Gasteiger partial charge >= 0.3 is 0 Å². The van der Waals surface area contributed by atoms with E-state index in [1.54, 1.807) is 49.6 Å². The average molecular weight is 498 g/mol. The molecule has 0 radical (unpaired) electrons. The number of rotatable bonds is 6. The molecule has 168 valence electrons. The number of primary sulfonamides is 1. The Balaban J connectivity index is 1.59. The van der Waals surface area contributed by atoms with Crippen molar-refractivity contribution >= 4 is 45.2 Å². The second kappa shape index (κ2) is 9.28. The molecule has 0 saturated heterocycles. The zero-order chi connectivity index (χ0) is 23.6. The van der Waals surface area contributed by atoms with Crippen LogP contribution in [0.15, 0.2) is 77.7 Å². The number of amides is 1. The van der Waals surface area contributed by atoms with E-state index in [2.05, 4.69) is 10.3 Å². The number of H-pyrrole nitrogens is 1. The number of aromatic amines is 1. The summed E-state index contributed by atoms with van der Waals surface area (Å²) in [4.78, 5) is 16.6. The number of ether oxygens (including phenoxy) is 1. The minimum Gasteiger partial charge on any atom is -0.497 e. The molecule has 4 rings (SSSR count). The first-order valence-electron chi connectivity index (χ1n) is 9.67. The van der Waals surface area contributed by atoms with Gasteiger partial charge in [-0.3, -0.25) is 4.79 Å². The smallest absolute Gasteiger partial charge is 0.268 e. The molecule has 4 aromatic rings. The first kappa shape index (κ1) is 22.9. The predicted molar refractivity (Wildman–Crippen MR) is 133 cm³/mol. The summed E-state index contributed by atoms with van der Waals surface area (Å²) in [7, 11) is -2.28. The van der Waals surface area contributed by atoms with Crippen LogP contribution in [0.1, 0.15) is 9.67 Å². The van der Waals surface area contributed by atoms with Gasteiger partial charge in [-0.1, -0.05) is 41.7 Å². The number of carbonyl (C=O) groups is 1. The molecule has 0 atom stereocenters. The van der Waals surface area contributed by atoms with Crippen molar-refractivity contribution in [2.45, 2.75) is 4.90 Å². The molecule has 0 unspecified atom stereocenters. The van der Waals surface area contributed by atoms with E-state index in [4.69, 9.17) is 22.1 Å². The van der Waals surface area contributed by atoms with Crippen LogP contribution in [-0.2, 0) is 10.0 Å². The maximum atomic E-state index is 13.0. The summed E-state index contributed by atoms with van der Waals surface area (Å²) in [6.07, 6.45) is 0. The lowest BCUT2D eigenvalue weighted by molar-refractivity contribution is 0.103. The zero-order valence-electron chi connectivity index (χ0n) is 17.4. The topological polar surface area (TPSA) is 114 Å². The van der Waals surface area contributed by atoms with Gasteiger partial charge in [-0.05, 0) is 65.8 Å². The number of methoxy groups -OCH3 is 1. The van der Waals surface area contributed by atoms with Gasteiger partial charge in [0, 0.05) is 11.3 Å². The van der Waals surface area contributed by atoms with Crippen LogP contribution in [0.2, 0.25) is 0 Å². The fourth-order valence-electron chi connectivity index (χ4n) is 3.32. The Labute approximate surface area is 199 Å². The predicted octanol–water partition coefficient (Wildman–Crippen LogP) is 5.05. The maximum Gasteiger partial charge on any atom is 0.268 e.